The Morgan fingerprint density at radius 1 is 1.60 bits per heavy atom. The third-order valence-electron chi connectivity index (χ3n) is 1.49. The molecule has 1 N–H and O–H groups in total. The molecule has 0 spiro atoms. The molecule has 1 aliphatic rings. The Morgan fingerprint density at radius 2 is 2.40 bits per heavy atom. The van der Waals surface area contributed by atoms with E-state index in [-0.39, 0.29) is 0 Å². The molecular weight excluding hydrogens is 148 g/mol. The van der Waals surface area contributed by atoms with Crippen LogP contribution in [0.15, 0.2) is 12.2 Å². The monoisotopic (exact) mass is 158 g/mol. The molecule has 1 rings (SSSR count). The summed E-state index contributed by atoms with van der Waals surface area (Å²) >= 11 is 1.04. The van der Waals surface area contributed by atoms with Gasteiger partial charge >= 0.3 is 5.30 Å². The normalized spacial score (nSPS) is 24.6. The van der Waals surface area contributed by atoms with Gasteiger partial charge in [0.1, 0.15) is 0 Å². The predicted octanol–water partition coefficient (Wildman–Crippen LogP) is 2.51. The first-order valence-corrected chi connectivity index (χ1v) is 4.21. The minimum Gasteiger partial charge on any atom is -0.473 e. The van der Waals surface area contributed by atoms with Crippen LogP contribution in [0.5, 0.6) is 0 Å². The number of rotatable bonds is 1. The molecule has 0 aromatic rings. The highest BCUT2D eigenvalue weighted by atomic mass is 32.2. The van der Waals surface area contributed by atoms with E-state index >= 15 is 0 Å². The van der Waals surface area contributed by atoms with Gasteiger partial charge in [0.25, 0.3) is 0 Å². The molecule has 0 aliphatic heterocycles. The lowest BCUT2D eigenvalue weighted by atomic mass is 10.1. The van der Waals surface area contributed by atoms with E-state index in [4.69, 9.17) is 5.11 Å². The number of allylic oxidation sites excluding steroid dienone is 2. The SMILES string of the molecule is O=C(O)SC1CC=CCC1. The Labute approximate surface area is 64.3 Å². The molecule has 0 saturated carbocycles. The number of thioether (sulfide) groups is 1. The summed E-state index contributed by atoms with van der Waals surface area (Å²) in [6, 6.07) is 0. The van der Waals surface area contributed by atoms with Gasteiger partial charge in [-0.15, -0.1) is 0 Å². The first kappa shape index (κ1) is 7.66. The Kier molecular flexibility index (Phi) is 2.81. The highest BCUT2D eigenvalue weighted by Crippen LogP contribution is 2.24. The summed E-state index contributed by atoms with van der Waals surface area (Å²) in [6.45, 7) is 0. The minimum atomic E-state index is -0.750. The van der Waals surface area contributed by atoms with Crippen LogP contribution in [0.4, 0.5) is 4.79 Å². The van der Waals surface area contributed by atoms with Gasteiger partial charge in [0, 0.05) is 5.25 Å². The summed E-state index contributed by atoms with van der Waals surface area (Å²) in [5.74, 6) is 0. The zero-order chi connectivity index (χ0) is 7.40. The van der Waals surface area contributed by atoms with Crippen LogP contribution < -0.4 is 0 Å². The van der Waals surface area contributed by atoms with E-state index in [0.717, 1.165) is 31.0 Å². The molecule has 0 saturated heterocycles. The lowest BCUT2D eigenvalue weighted by Crippen LogP contribution is -2.06. The van der Waals surface area contributed by atoms with Gasteiger partial charge in [0.2, 0.25) is 0 Å². The Morgan fingerprint density at radius 3 is 2.90 bits per heavy atom. The van der Waals surface area contributed by atoms with E-state index in [1.807, 2.05) is 0 Å². The molecule has 0 amide bonds. The van der Waals surface area contributed by atoms with Crippen molar-refractivity contribution in [2.75, 3.05) is 0 Å². The van der Waals surface area contributed by atoms with Crippen molar-refractivity contribution >= 4 is 17.1 Å². The van der Waals surface area contributed by atoms with Gasteiger partial charge in [-0.05, 0) is 31.0 Å². The maximum atomic E-state index is 10.2. The van der Waals surface area contributed by atoms with Gasteiger partial charge in [-0.25, -0.2) is 4.79 Å². The van der Waals surface area contributed by atoms with Crippen LogP contribution in [-0.2, 0) is 0 Å². The highest BCUT2D eigenvalue weighted by molar-refractivity contribution is 8.13. The zero-order valence-corrected chi connectivity index (χ0v) is 6.43. The van der Waals surface area contributed by atoms with Crippen molar-refractivity contribution in [2.45, 2.75) is 24.5 Å². The second-order valence-electron chi connectivity index (χ2n) is 2.29. The fourth-order valence-electron chi connectivity index (χ4n) is 1.02. The van der Waals surface area contributed by atoms with E-state index in [1.165, 1.54) is 0 Å². The molecule has 3 heteroatoms. The summed E-state index contributed by atoms with van der Waals surface area (Å²) in [5.41, 5.74) is 0. The van der Waals surface area contributed by atoms with Crippen LogP contribution >= 0.6 is 11.8 Å². The van der Waals surface area contributed by atoms with Crippen LogP contribution in [-0.4, -0.2) is 15.7 Å². The summed E-state index contributed by atoms with van der Waals surface area (Å²) in [4.78, 5) is 10.2. The summed E-state index contributed by atoms with van der Waals surface area (Å²) in [7, 11) is 0. The maximum Gasteiger partial charge on any atom is 0.365 e. The molecule has 0 radical (unpaired) electrons. The van der Waals surface area contributed by atoms with Crippen LogP contribution in [0.25, 0.3) is 0 Å². The summed E-state index contributed by atoms with van der Waals surface area (Å²) in [5, 5.41) is 7.96. The molecule has 2 nitrogen and oxygen atoms in total. The molecule has 0 fully saturated rings. The second kappa shape index (κ2) is 3.66. The average molecular weight is 158 g/mol. The van der Waals surface area contributed by atoms with Crippen molar-refractivity contribution in [2.24, 2.45) is 0 Å². The highest BCUT2D eigenvalue weighted by Gasteiger charge is 2.13. The van der Waals surface area contributed by atoms with Crippen LogP contribution in [0, 0.1) is 0 Å². The van der Waals surface area contributed by atoms with Crippen molar-refractivity contribution in [1.82, 2.24) is 0 Å². The molecule has 1 unspecified atom stereocenters. The maximum absolute atomic E-state index is 10.2. The van der Waals surface area contributed by atoms with Crippen LogP contribution in [0.2, 0.25) is 0 Å². The van der Waals surface area contributed by atoms with Crippen LogP contribution in [0.3, 0.4) is 0 Å². The number of hydrogen-bond donors (Lipinski definition) is 1. The van der Waals surface area contributed by atoms with Gasteiger partial charge < -0.3 is 5.11 Å². The van der Waals surface area contributed by atoms with Gasteiger partial charge in [-0.3, -0.25) is 0 Å². The minimum absolute atomic E-state index is 0.308. The lowest BCUT2D eigenvalue weighted by molar-refractivity contribution is 0.222. The first-order chi connectivity index (χ1) is 4.79. The fraction of sp³-hybridized carbons (Fsp3) is 0.571. The lowest BCUT2D eigenvalue weighted by Gasteiger charge is -2.13. The molecular formula is C7H10O2S. The predicted molar refractivity (Wildman–Crippen MR) is 42.4 cm³/mol. The number of carbonyl (C=O) groups is 1. The first-order valence-electron chi connectivity index (χ1n) is 3.33. The third kappa shape index (κ3) is 2.43. The standard InChI is InChI=1S/C7H10O2S/c8-7(9)10-6-4-2-1-3-5-6/h1-2,6H,3-5H2,(H,8,9). The quantitative estimate of drug-likeness (QED) is 0.596. The second-order valence-corrected chi connectivity index (χ2v) is 3.54. The molecule has 10 heavy (non-hydrogen) atoms. The zero-order valence-electron chi connectivity index (χ0n) is 5.62. The van der Waals surface area contributed by atoms with E-state index < -0.39 is 5.30 Å². The fourth-order valence-corrected chi connectivity index (χ4v) is 1.76. The smallest absolute Gasteiger partial charge is 0.365 e. The third-order valence-corrected chi connectivity index (χ3v) is 2.45. The van der Waals surface area contributed by atoms with Crippen molar-refractivity contribution in [3.63, 3.8) is 0 Å². The van der Waals surface area contributed by atoms with Gasteiger partial charge in [0.05, 0.1) is 0 Å². The van der Waals surface area contributed by atoms with Gasteiger partial charge in [-0.2, -0.15) is 0 Å². The largest absolute Gasteiger partial charge is 0.473 e. The van der Waals surface area contributed by atoms with E-state index in [1.54, 1.807) is 0 Å². The van der Waals surface area contributed by atoms with Crippen molar-refractivity contribution in [3.8, 4) is 0 Å². The van der Waals surface area contributed by atoms with E-state index in [0.29, 0.717) is 5.25 Å². The van der Waals surface area contributed by atoms with Gasteiger partial charge in [0.15, 0.2) is 0 Å². The topological polar surface area (TPSA) is 37.3 Å². The average Bonchev–Trinajstić information content (AvgIpc) is 1.88. The summed E-state index contributed by atoms with van der Waals surface area (Å²) < 4.78 is 0. The molecule has 0 heterocycles. The van der Waals surface area contributed by atoms with E-state index in [9.17, 15) is 4.79 Å². The molecule has 0 aromatic carbocycles. The van der Waals surface area contributed by atoms with Crippen LogP contribution in [0.1, 0.15) is 19.3 Å². The molecule has 1 atom stereocenters. The Bertz CT molecular complexity index is 154. The van der Waals surface area contributed by atoms with Crippen molar-refractivity contribution in [1.29, 1.82) is 0 Å². The molecule has 0 bridgehead atoms. The number of hydrogen-bond acceptors (Lipinski definition) is 2. The van der Waals surface area contributed by atoms with E-state index in [2.05, 4.69) is 12.2 Å². The molecule has 56 valence electrons. The van der Waals surface area contributed by atoms with Crippen molar-refractivity contribution < 1.29 is 9.90 Å². The molecule has 1 aliphatic carbocycles. The Balaban J connectivity index is 2.28. The van der Waals surface area contributed by atoms with Gasteiger partial charge in [-0.1, -0.05) is 12.2 Å². The van der Waals surface area contributed by atoms with Crippen molar-refractivity contribution in [3.05, 3.63) is 12.2 Å². The summed E-state index contributed by atoms with van der Waals surface area (Å²) in [6.07, 6.45) is 7.12. The Hall–Kier alpha value is -0.440. The molecule has 0 aromatic heterocycles. The number of carboxylic acid groups (broad SMARTS) is 1.